The van der Waals surface area contributed by atoms with E-state index in [1.807, 2.05) is 29.2 Å². The van der Waals surface area contributed by atoms with Crippen LogP contribution in [0.3, 0.4) is 0 Å². The highest BCUT2D eigenvalue weighted by molar-refractivity contribution is 7.21. The number of amides is 1. The normalized spacial score (nSPS) is 14.7. The van der Waals surface area contributed by atoms with Gasteiger partial charge in [0.15, 0.2) is 5.13 Å². The summed E-state index contributed by atoms with van der Waals surface area (Å²) >= 11 is 1.62. The Bertz CT molecular complexity index is 926. The van der Waals surface area contributed by atoms with Crippen molar-refractivity contribution in [3.05, 3.63) is 53.7 Å². The van der Waals surface area contributed by atoms with Gasteiger partial charge in [0.25, 0.3) is 5.91 Å². The highest BCUT2D eigenvalue weighted by atomic mass is 32.1. The van der Waals surface area contributed by atoms with Gasteiger partial charge in [-0.25, -0.2) is 9.97 Å². The van der Waals surface area contributed by atoms with Crippen molar-refractivity contribution in [1.82, 2.24) is 19.8 Å². The standard InChI is InChI=1S/C22H27N5OS/c1-3-25(4-2)16-17-7-9-18(10-8-17)21(28)26-12-14-27(15-13-26)22-24-19-6-5-11-23-20(19)29-22/h5-11H,3-4,12-16H2,1-2H3. The zero-order chi connectivity index (χ0) is 20.2. The number of thiazole rings is 1. The molecule has 4 rings (SSSR count). The molecule has 1 fully saturated rings. The molecule has 0 saturated carbocycles. The maximum atomic E-state index is 12.9. The van der Waals surface area contributed by atoms with E-state index >= 15 is 0 Å². The van der Waals surface area contributed by atoms with Crippen LogP contribution in [0.4, 0.5) is 5.13 Å². The molecule has 29 heavy (non-hydrogen) atoms. The van der Waals surface area contributed by atoms with Crippen molar-refractivity contribution in [3.63, 3.8) is 0 Å². The van der Waals surface area contributed by atoms with Crippen LogP contribution in [0.5, 0.6) is 0 Å². The highest BCUT2D eigenvalue weighted by Gasteiger charge is 2.24. The fraction of sp³-hybridized carbons (Fsp3) is 0.409. The molecule has 0 radical (unpaired) electrons. The minimum atomic E-state index is 0.116. The Morgan fingerprint density at radius 1 is 1.07 bits per heavy atom. The van der Waals surface area contributed by atoms with E-state index in [9.17, 15) is 4.79 Å². The second-order valence-corrected chi connectivity index (χ2v) is 8.22. The van der Waals surface area contributed by atoms with Gasteiger partial charge in [0, 0.05) is 44.5 Å². The molecule has 0 N–H and O–H groups in total. The van der Waals surface area contributed by atoms with Crippen molar-refractivity contribution in [1.29, 1.82) is 0 Å². The van der Waals surface area contributed by atoms with E-state index in [-0.39, 0.29) is 5.91 Å². The van der Waals surface area contributed by atoms with Crippen molar-refractivity contribution >= 4 is 32.7 Å². The third-order valence-corrected chi connectivity index (χ3v) is 6.53. The molecule has 1 aliphatic heterocycles. The van der Waals surface area contributed by atoms with Crippen LogP contribution in [0.1, 0.15) is 29.8 Å². The monoisotopic (exact) mass is 409 g/mol. The first-order valence-corrected chi connectivity index (χ1v) is 11.1. The summed E-state index contributed by atoms with van der Waals surface area (Å²) in [6.45, 7) is 10.4. The molecule has 3 aromatic rings. The molecular weight excluding hydrogens is 382 g/mol. The number of nitrogens with zero attached hydrogens (tertiary/aromatic N) is 5. The van der Waals surface area contributed by atoms with Gasteiger partial charge in [-0.05, 0) is 42.9 Å². The summed E-state index contributed by atoms with van der Waals surface area (Å²) in [5, 5.41) is 0.992. The van der Waals surface area contributed by atoms with Crippen molar-refractivity contribution < 1.29 is 4.79 Å². The molecule has 1 saturated heterocycles. The molecule has 0 atom stereocenters. The Morgan fingerprint density at radius 2 is 1.79 bits per heavy atom. The number of piperazine rings is 1. The van der Waals surface area contributed by atoms with E-state index in [1.54, 1.807) is 17.5 Å². The number of carbonyl (C=O) groups is 1. The second-order valence-electron chi connectivity index (χ2n) is 7.26. The molecule has 2 aromatic heterocycles. The van der Waals surface area contributed by atoms with Crippen molar-refractivity contribution in [2.45, 2.75) is 20.4 Å². The van der Waals surface area contributed by atoms with Gasteiger partial charge in [0.2, 0.25) is 0 Å². The largest absolute Gasteiger partial charge is 0.344 e. The number of carbonyl (C=O) groups excluding carboxylic acids is 1. The summed E-state index contributed by atoms with van der Waals surface area (Å²) in [7, 11) is 0. The van der Waals surface area contributed by atoms with Gasteiger partial charge >= 0.3 is 0 Å². The van der Waals surface area contributed by atoms with Crippen molar-refractivity contribution in [2.24, 2.45) is 0 Å². The average Bonchev–Trinajstić information content (AvgIpc) is 3.22. The van der Waals surface area contributed by atoms with Gasteiger partial charge in [-0.1, -0.05) is 37.3 Å². The lowest BCUT2D eigenvalue weighted by Gasteiger charge is -2.34. The SMILES string of the molecule is CCN(CC)Cc1ccc(C(=O)N2CCN(c3nc4cccnc4s3)CC2)cc1. The molecule has 0 unspecified atom stereocenters. The van der Waals surface area contributed by atoms with E-state index in [1.165, 1.54) is 5.56 Å². The van der Waals surface area contributed by atoms with E-state index < -0.39 is 0 Å². The summed E-state index contributed by atoms with van der Waals surface area (Å²) in [6.07, 6.45) is 1.80. The minimum absolute atomic E-state index is 0.116. The fourth-order valence-corrected chi connectivity index (χ4v) is 4.60. The minimum Gasteiger partial charge on any atom is -0.344 e. The molecule has 0 bridgehead atoms. The molecule has 152 valence electrons. The third-order valence-electron chi connectivity index (χ3n) is 5.49. The summed E-state index contributed by atoms with van der Waals surface area (Å²) in [4.78, 5) is 29.5. The van der Waals surface area contributed by atoms with Crippen molar-refractivity contribution in [2.75, 3.05) is 44.2 Å². The van der Waals surface area contributed by atoms with E-state index in [0.29, 0.717) is 13.1 Å². The maximum Gasteiger partial charge on any atom is 0.253 e. The Kier molecular flexibility index (Phi) is 6.06. The highest BCUT2D eigenvalue weighted by Crippen LogP contribution is 2.27. The molecular formula is C22H27N5OS. The number of pyridine rings is 1. The van der Waals surface area contributed by atoms with Crippen LogP contribution in [-0.2, 0) is 6.54 Å². The van der Waals surface area contributed by atoms with E-state index in [4.69, 9.17) is 0 Å². The van der Waals surface area contributed by atoms with Gasteiger partial charge < -0.3 is 9.80 Å². The topological polar surface area (TPSA) is 52.6 Å². The maximum absolute atomic E-state index is 12.9. The molecule has 7 heteroatoms. The van der Waals surface area contributed by atoms with Crippen LogP contribution in [-0.4, -0.2) is 64.9 Å². The smallest absolute Gasteiger partial charge is 0.253 e. The lowest BCUT2D eigenvalue weighted by molar-refractivity contribution is 0.0746. The lowest BCUT2D eigenvalue weighted by Crippen LogP contribution is -2.48. The molecule has 1 aliphatic rings. The van der Waals surface area contributed by atoms with Gasteiger partial charge in [0.1, 0.15) is 10.3 Å². The average molecular weight is 410 g/mol. The Hall–Kier alpha value is -2.51. The molecule has 0 spiro atoms. The first-order valence-electron chi connectivity index (χ1n) is 10.2. The fourth-order valence-electron chi connectivity index (χ4n) is 3.64. The zero-order valence-electron chi connectivity index (χ0n) is 17.0. The number of aromatic nitrogens is 2. The van der Waals surface area contributed by atoms with Gasteiger partial charge in [-0.15, -0.1) is 0 Å². The van der Waals surface area contributed by atoms with Crippen LogP contribution in [0.25, 0.3) is 10.3 Å². The van der Waals surface area contributed by atoms with Crippen LogP contribution >= 0.6 is 11.3 Å². The predicted octanol–water partition coefficient (Wildman–Crippen LogP) is 3.50. The first-order chi connectivity index (χ1) is 14.2. The summed E-state index contributed by atoms with van der Waals surface area (Å²) in [5.74, 6) is 0.116. The third kappa shape index (κ3) is 4.41. The number of hydrogen-bond acceptors (Lipinski definition) is 6. The second kappa shape index (κ2) is 8.88. The molecule has 3 heterocycles. The Morgan fingerprint density at radius 3 is 2.45 bits per heavy atom. The molecule has 0 aliphatic carbocycles. The van der Waals surface area contributed by atoms with Gasteiger partial charge in [-0.2, -0.15) is 0 Å². The number of benzene rings is 1. The first kappa shape index (κ1) is 19.8. The lowest BCUT2D eigenvalue weighted by atomic mass is 10.1. The van der Waals surface area contributed by atoms with E-state index in [2.05, 4.69) is 45.7 Å². The summed E-state index contributed by atoms with van der Waals surface area (Å²) in [5.41, 5.74) is 2.96. The number of anilines is 1. The number of hydrogen-bond donors (Lipinski definition) is 0. The quantitative estimate of drug-likeness (QED) is 0.624. The molecule has 1 aromatic carbocycles. The van der Waals surface area contributed by atoms with Crippen LogP contribution in [0.2, 0.25) is 0 Å². The van der Waals surface area contributed by atoms with E-state index in [0.717, 1.165) is 53.8 Å². The molecule has 1 amide bonds. The van der Waals surface area contributed by atoms with Crippen LogP contribution in [0.15, 0.2) is 42.6 Å². The van der Waals surface area contributed by atoms with Crippen molar-refractivity contribution in [3.8, 4) is 0 Å². The predicted molar refractivity (Wildman–Crippen MR) is 119 cm³/mol. The summed E-state index contributed by atoms with van der Waals surface area (Å²) in [6, 6.07) is 12.0. The number of fused-ring (bicyclic) bond motifs is 1. The van der Waals surface area contributed by atoms with Gasteiger partial charge in [-0.3, -0.25) is 9.69 Å². The van der Waals surface area contributed by atoms with Crippen LogP contribution in [0, 0.1) is 0 Å². The molecule has 6 nitrogen and oxygen atoms in total. The van der Waals surface area contributed by atoms with Crippen LogP contribution < -0.4 is 4.90 Å². The van der Waals surface area contributed by atoms with Gasteiger partial charge in [0.05, 0.1) is 0 Å². The Labute approximate surface area is 175 Å². The Balaban J connectivity index is 1.36. The number of rotatable bonds is 6. The zero-order valence-corrected chi connectivity index (χ0v) is 17.9. The summed E-state index contributed by atoms with van der Waals surface area (Å²) < 4.78 is 0.